The molecule has 0 atom stereocenters. The molecule has 0 radical (unpaired) electrons. The molecule has 0 spiro atoms. The molecule has 0 unspecified atom stereocenters. The summed E-state index contributed by atoms with van der Waals surface area (Å²) in [5, 5.41) is 0. The fourth-order valence-electron chi connectivity index (χ4n) is 2.32. The number of likely N-dealkylation sites (N-methyl/N-ethyl adjacent to an activating group) is 1. The lowest BCUT2D eigenvalue weighted by Gasteiger charge is -2.20. The smallest absolute Gasteiger partial charge is 0.119 e. The van der Waals surface area contributed by atoms with Crippen molar-refractivity contribution in [3.63, 3.8) is 0 Å². The van der Waals surface area contributed by atoms with Crippen LogP contribution in [0.2, 0.25) is 0 Å². The SMILES string of the molecule is Cc1cc(C)cc(N(C)CCOc2ccc(CN)cc2)c1. The molecule has 2 N–H and O–H groups in total. The van der Waals surface area contributed by atoms with E-state index in [9.17, 15) is 0 Å². The maximum absolute atomic E-state index is 5.78. The Balaban J connectivity index is 1.87. The lowest BCUT2D eigenvalue weighted by molar-refractivity contribution is 0.326. The highest BCUT2D eigenvalue weighted by Gasteiger charge is 2.03. The monoisotopic (exact) mass is 284 g/mol. The zero-order chi connectivity index (χ0) is 15.2. The van der Waals surface area contributed by atoms with E-state index >= 15 is 0 Å². The topological polar surface area (TPSA) is 38.5 Å². The first-order valence-electron chi connectivity index (χ1n) is 7.30. The standard InChI is InChI=1S/C18H24N2O/c1-14-10-15(2)12-17(11-14)20(3)8-9-21-18-6-4-16(13-19)5-7-18/h4-7,10-12H,8-9,13,19H2,1-3H3. The second-order valence-electron chi connectivity index (χ2n) is 5.46. The predicted molar refractivity (Wildman–Crippen MR) is 89.0 cm³/mol. The number of hydrogen-bond donors (Lipinski definition) is 1. The van der Waals surface area contributed by atoms with E-state index in [1.807, 2.05) is 24.3 Å². The van der Waals surface area contributed by atoms with Gasteiger partial charge in [-0.15, -0.1) is 0 Å². The zero-order valence-corrected chi connectivity index (χ0v) is 13.1. The Morgan fingerprint density at radius 3 is 2.19 bits per heavy atom. The molecule has 0 aromatic heterocycles. The van der Waals surface area contributed by atoms with Gasteiger partial charge in [0.15, 0.2) is 0 Å². The average Bonchev–Trinajstić information content (AvgIpc) is 2.47. The van der Waals surface area contributed by atoms with Crippen LogP contribution in [0.5, 0.6) is 5.75 Å². The molecule has 112 valence electrons. The highest BCUT2D eigenvalue weighted by atomic mass is 16.5. The highest BCUT2D eigenvalue weighted by molar-refractivity contribution is 5.50. The van der Waals surface area contributed by atoms with Gasteiger partial charge in [-0.1, -0.05) is 18.2 Å². The summed E-state index contributed by atoms with van der Waals surface area (Å²) in [5.41, 5.74) is 10.5. The van der Waals surface area contributed by atoms with Crippen LogP contribution in [-0.4, -0.2) is 20.2 Å². The number of anilines is 1. The molecular formula is C18H24N2O. The van der Waals surface area contributed by atoms with Crippen molar-refractivity contribution in [1.82, 2.24) is 0 Å². The molecule has 3 heteroatoms. The maximum atomic E-state index is 5.78. The molecule has 0 saturated heterocycles. The number of nitrogens with two attached hydrogens (primary N) is 1. The summed E-state index contributed by atoms with van der Waals surface area (Å²) >= 11 is 0. The van der Waals surface area contributed by atoms with Gasteiger partial charge in [0.1, 0.15) is 12.4 Å². The van der Waals surface area contributed by atoms with Crippen LogP contribution in [0.4, 0.5) is 5.69 Å². The molecule has 2 aromatic carbocycles. The Morgan fingerprint density at radius 1 is 1.00 bits per heavy atom. The number of hydrogen-bond acceptors (Lipinski definition) is 3. The van der Waals surface area contributed by atoms with Crippen LogP contribution in [0.25, 0.3) is 0 Å². The van der Waals surface area contributed by atoms with Crippen LogP contribution in [0.15, 0.2) is 42.5 Å². The third-order valence-electron chi connectivity index (χ3n) is 3.50. The van der Waals surface area contributed by atoms with Gasteiger partial charge in [-0.2, -0.15) is 0 Å². The van der Waals surface area contributed by atoms with E-state index in [0.29, 0.717) is 13.2 Å². The first-order valence-corrected chi connectivity index (χ1v) is 7.30. The Morgan fingerprint density at radius 2 is 1.62 bits per heavy atom. The summed E-state index contributed by atoms with van der Waals surface area (Å²) in [6.45, 7) is 6.32. The second-order valence-corrected chi connectivity index (χ2v) is 5.46. The lowest BCUT2D eigenvalue weighted by atomic mass is 10.1. The van der Waals surface area contributed by atoms with E-state index in [4.69, 9.17) is 10.5 Å². The second kappa shape index (κ2) is 7.14. The van der Waals surface area contributed by atoms with Crippen LogP contribution in [0.3, 0.4) is 0 Å². The minimum atomic E-state index is 0.565. The summed E-state index contributed by atoms with van der Waals surface area (Å²) in [5.74, 6) is 0.890. The van der Waals surface area contributed by atoms with E-state index in [0.717, 1.165) is 17.9 Å². The average molecular weight is 284 g/mol. The minimum absolute atomic E-state index is 0.565. The zero-order valence-electron chi connectivity index (χ0n) is 13.1. The minimum Gasteiger partial charge on any atom is -0.492 e. The molecule has 21 heavy (non-hydrogen) atoms. The number of rotatable bonds is 6. The van der Waals surface area contributed by atoms with Gasteiger partial charge in [0.2, 0.25) is 0 Å². The molecule has 0 aliphatic rings. The van der Waals surface area contributed by atoms with Crippen molar-refractivity contribution in [3.8, 4) is 5.75 Å². The number of aryl methyl sites for hydroxylation is 2. The van der Waals surface area contributed by atoms with Crippen molar-refractivity contribution in [1.29, 1.82) is 0 Å². The van der Waals surface area contributed by atoms with Crippen LogP contribution in [0.1, 0.15) is 16.7 Å². The van der Waals surface area contributed by atoms with Gasteiger partial charge in [0, 0.05) is 19.3 Å². The van der Waals surface area contributed by atoms with Crippen molar-refractivity contribution in [2.75, 3.05) is 25.1 Å². The van der Waals surface area contributed by atoms with E-state index in [-0.39, 0.29) is 0 Å². The van der Waals surface area contributed by atoms with Gasteiger partial charge in [0.25, 0.3) is 0 Å². The molecule has 0 amide bonds. The third kappa shape index (κ3) is 4.50. The fourth-order valence-corrected chi connectivity index (χ4v) is 2.32. The van der Waals surface area contributed by atoms with Crippen molar-refractivity contribution < 1.29 is 4.74 Å². The first kappa shape index (κ1) is 15.4. The van der Waals surface area contributed by atoms with E-state index < -0.39 is 0 Å². The van der Waals surface area contributed by atoms with Gasteiger partial charge in [0.05, 0.1) is 6.54 Å². The van der Waals surface area contributed by atoms with Gasteiger partial charge >= 0.3 is 0 Å². The molecule has 2 aromatic rings. The highest BCUT2D eigenvalue weighted by Crippen LogP contribution is 2.17. The molecule has 0 aliphatic carbocycles. The number of benzene rings is 2. The number of nitrogens with zero attached hydrogens (tertiary/aromatic N) is 1. The number of ether oxygens (including phenoxy) is 1. The molecule has 0 aliphatic heterocycles. The largest absolute Gasteiger partial charge is 0.492 e. The summed E-state index contributed by atoms with van der Waals surface area (Å²) in [6, 6.07) is 14.5. The molecule has 2 rings (SSSR count). The normalized spacial score (nSPS) is 10.5. The van der Waals surface area contributed by atoms with Crippen LogP contribution in [-0.2, 0) is 6.54 Å². The quantitative estimate of drug-likeness (QED) is 0.884. The maximum Gasteiger partial charge on any atom is 0.119 e. The van der Waals surface area contributed by atoms with Crippen LogP contribution >= 0.6 is 0 Å². The Bertz CT molecular complexity index is 558. The van der Waals surface area contributed by atoms with Crippen molar-refractivity contribution >= 4 is 5.69 Å². The van der Waals surface area contributed by atoms with Gasteiger partial charge < -0.3 is 15.4 Å². The van der Waals surface area contributed by atoms with E-state index in [2.05, 4.69) is 44.0 Å². The van der Waals surface area contributed by atoms with Gasteiger partial charge in [-0.3, -0.25) is 0 Å². The molecule has 0 heterocycles. The first-order chi connectivity index (χ1) is 10.1. The molecular weight excluding hydrogens is 260 g/mol. The molecule has 0 saturated carbocycles. The fraction of sp³-hybridized carbons (Fsp3) is 0.333. The van der Waals surface area contributed by atoms with E-state index in [1.165, 1.54) is 16.8 Å². The summed E-state index contributed by atoms with van der Waals surface area (Å²) < 4.78 is 5.78. The third-order valence-corrected chi connectivity index (χ3v) is 3.50. The molecule has 0 bridgehead atoms. The molecule has 3 nitrogen and oxygen atoms in total. The molecule has 0 fully saturated rings. The van der Waals surface area contributed by atoms with Crippen LogP contribution in [0, 0.1) is 13.8 Å². The van der Waals surface area contributed by atoms with Crippen molar-refractivity contribution in [2.24, 2.45) is 5.73 Å². The lowest BCUT2D eigenvalue weighted by Crippen LogP contribution is -2.23. The van der Waals surface area contributed by atoms with Crippen LogP contribution < -0.4 is 15.4 Å². The van der Waals surface area contributed by atoms with Crippen molar-refractivity contribution in [3.05, 3.63) is 59.2 Å². The summed E-state index contributed by atoms with van der Waals surface area (Å²) in [4.78, 5) is 2.22. The van der Waals surface area contributed by atoms with E-state index in [1.54, 1.807) is 0 Å². The Kier molecular flexibility index (Phi) is 5.23. The predicted octanol–water partition coefficient (Wildman–Crippen LogP) is 3.28. The van der Waals surface area contributed by atoms with Gasteiger partial charge in [-0.05, 0) is 54.8 Å². The van der Waals surface area contributed by atoms with Gasteiger partial charge in [-0.25, -0.2) is 0 Å². The van der Waals surface area contributed by atoms with Crippen molar-refractivity contribution in [2.45, 2.75) is 20.4 Å². The summed E-state index contributed by atoms with van der Waals surface area (Å²) in [7, 11) is 2.09. The Labute approximate surface area is 127 Å². The summed E-state index contributed by atoms with van der Waals surface area (Å²) in [6.07, 6.45) is 0. The Hall–Kier alpha value is -2.00.